The quantitative estimate of drug-likeness (QED) is 0.667. The Kier molecular flexibility index (Phi) is 6.27. The summed E-state index contributed by atoms with van der Waals surface area (Å²) in [6.45, 7) is -0.240. The summed E-state index contributed by atoms with van der Waals surface area (Å²) in [5.41, 5.74) is 1.53. The molecule has 2 aromatic rings. The zero-order chi connectivity index (χ0) is 22.2. The summed E-state index contributed by atoms with van der Waals surface area (Å²) in [7, 11) is -2.28. The standard InChI is InChI=1S/C21H26ClN3O5S/c1-24(18-7-4-8-19-16(18)12-23-25(19)13-21(26)27)31(28,29)15-9-10-20(17(22)11-15)30-14-5-2-3-6-14/h9-12,14,18H,2-8,13H2,1H3,(H,26,27). The summed E-state index contributed by atoms with van der Waals surface area (Å²) in [5, 5.41) is 13.5. The molecule has 1 aromatic heterocycles. The molecule has 1 fully saturated rings. The van der Waals surface area contributed by atoms with Crippen molar-refractivity contribution in [2.24, 2.45) is 0 Å². The van der Waals surface area contributed by atoms with E-state index in [1.165, 1.54) is 21.1 Å². The second kappa shape index (κ2) is 8.80. The van der Waals surface area contributed by atoms with Crippen molar-refractivity contribution in [2.75, 3.05) is 7.05 Å². The molecule has 4 rings (SSSR count). The van der Waals surface area contributed by atoms with Crippen LogP contribution < -0.4 is 4.74 Å². The van der Waals surface area contributed by atoms with Crippen LogP contribution in [0.3, 0.4) is 0 Å². The van der Waals surface area contributed by atoms with E-state index < -0.39 is 22.0 Å². The SMILES string of the molecule is CN(C1CCCc2c1cnn2CC(=O)O)S(=O)(=O)c1ccc(OC2CCCC2)c(Cl)c1. The van der Waals surface area contributed by atoms with Crippen molar-refractivity contribution in [3.8, 4) is 5.75 Å². The molecule has 0 radical (unpaired) electrons. The maximum atomic E-state index is 13.3. The van der Waals surface area contributed by atoms with Crippen molar-refractivity contribution in [1.82, 2.24) is 14.1 Å². The van der Waals surface area contributed by atoms with E-state index in [-0.39, 0.29) is 22.6 Å². The van der Waals surface area contributed by atoms with Crippen molar-refractivity contribution in [2.45, 2.75) is 68.5 Å². The van der Waals surface area contributed by atoms with Gasteiger partial charge in [0.2, 0.25) is 10.0 Å². The van der Waals surface area contributed by atoms with Gasteiger partial charge in [-0.2, -0.15) is 9.40 Å². The minimum Gasteiger partial charge on any atom is -0.489 e. The molecule has 0 spiro atoms. The van der Waals surface area contributed by atoms with E-state index in [0.717, 1.165) is 43.4 Å². The summed E-state index contributed by atoms with van der Waals surface area (Å²) in [5.74, 6) is -0.478. The molecule has 1 heterocycles. The van der Waals surface area contributed by atoms with E-state index in [1.54, 1.807) is 19.3 Å². The molecule has 1 saturated carbocycles. The van der Waals surface area contributed by atoms with Crippen LogP contribution in [0.5, 0.6) is 5.75 Å². The lowest BCUT2D eigenvalue weighted by atomic mass is 9.93. The Morgan fingerprint density at radius 3 is 2.71 bits per heavy atom. The zero-order valence-electron chi connectivity index (χ0n) is 17.3. The molecule has 8 nitrogen and oxygen atoms in total. The van der Waals surface area contributed by atoms with Crippen molar-refractivity contribution >= 4 is 27.6 Å². The van der Waals surface area contributed by atoms with Gasteiger partial charge < -0.3 is 9.84 Å². The van der Waals surface area contributed by atoms with Crippen LogP contribution in [0.25, 0.3) is 0 Å². The van der Waals surface area contributed by atoms with Gasteiger partial charge in [-0.1, -0.05) is 11.6 Å². The highest BCUT2D eigenvalue weighted by atomic mass is 35.5. The topological polar surface area (TPSA) is 102 Å². The van der Waals surface area contributed by atoms with E-state index in [2.05, 4.69) is 5.10 Å². The largest absolute Gasteiger partial charge is 0.489 e. The lowest BCUT2D eigenvalue weighted by molar-refractivity contribution is -0.137. The third kappa shape index (κ3) is 4.44. The molecule has 0 bridgehead atoms. The Labute approximate surface area is 186 Å². The molecular weight excluding hydrogens is 442 g/mol. The molecule has 1 atom stereocenters. The van der Waals surface area contributed by atoms with Crippen molar-refractivity contribution in [3.63, 3.8) is 0 Å². The average molecular weight is 468 g/mol. The van der Waals surface area contributed by atoms with Crippen LogP contribution in [0.2, 0.25) is 5.02 Å². The Balaban J connectivity index is 1.57. The number of carboxylic acids is 1. The first-order chi connectivity index (χ1) is 14.8. The number of aliphatic carboxylic acids is 1. The molecule has 2 aliphatic carbocycles. The van der Waals surface area contributed by atoms with E-state index in [9.17, 15) is 13.2 Å². The summed E-state index contributed by atoms with van der Waals surface area (Å²) in [4.78, 5) is 11.2. The minimum absolute atomic E-state index is 0.101. The number of nitrogens with zero attached hydrogens (tertiary/aromatic N) is 3. The normalized spacial score (nSPS) is 19.5. The third-order valence-electron chi connectivity index (χ3n) is 6.13. The number of rotatable bonds is 7. The molecule has 31 heavy (non-hydrogen) atoms. The highest BCUT2D eigenvalue weighted by Gasteiger charge is 2.34. The van der Waals surface area contributed by atoms with Gasteiger partial charge in [0.05, 0.1) is 28.3 Å². The summed E-state index contributed by atoms with van der Waals surface area (Å²) in [6.07, 6.45) is 8.00. The number of sulfonamides is 1. The molecule has 0 saturated heterocycles. The van der Waals surface area contributed by atoms with Crippen molar-refractivity contribution < 1.29 is 23.1 Å². The lowest BCUT2D eigenvalue weighted by Crippen LogP contribution is -2.33. The predicted octanol–water partition coefficient (Wildman–Crippen LogP) is 3.64. The molecule has 1 N–H and O–H groups in total. The molecular formula is C21H26ClN3O5S. The monoisotopic (exact) mass is 467 g/mol. The maximum absolute atomic E-state index is 13.3. The zero-order valence-corrected chi connectivity index (χ0v) is 18.9. The molecule has 168 valence electrons. The highest BCUT2D eigenvalue weighted by Crippen LogP contribution is 2.38. The second-order valence-electron chi connectivity index (χ2n) is 8.14. The Bertz CT molecular complexity index is 1080. The molecule has 2 aliphatic rings. The van der Waals surface area contributed by atoms with Gasteiger partial charge in [-0.15, -0.1) is 0 Å². The summed E-state index contributed by atoms with van der Waals surface area (Å²) >= 11 is 6.36. The van der Waals surface area contributed by atoms with Gasteiger partial charge in [0.25, 0.3) is 0 Å². The predicted molar refractivity (Wildman–Crippen MR) is 115 cm³/mol. The number of ether oxygens (including phenoxy) is 1. The Hall–Kier alpha value is -2.10. The van der Waals surface area contributed by atoms with Crippen LogP contribution in [-0.4, -0.2) is 46.7 Å². The van der Waals surface area contributed by atoms with Crippen LogP contribution in [0.15, 0.2) is 29.3 Å². The third-order valence-corrected chi connectivity index (χ3v) is 8.29. The van der Waals surface area contributed by atoms with Gasteiger partial charge >= 0.3 is 5.97 Å². The fraction of sp³-hybridized carbons (Fsp3) is 0.524. The maximum Gasteiger partial charge on any atom is 0.325 e. The van der Waals surface area contributed by atoms with Gasteiger partial charge in [0, 0.05) is 18.3 Å². The highest BCUT2D eigenvalue weighted by molar-refractivity contribution is 7.89. The van der Waals surface area contributed by atoms with Crippen LogP contribution in [0, 0.1) is 0 Å². The number of fused-ring (bicyclic) bond motifs is 1. The minimum atomic E-state index is -3.82. The van der Waals surface area contributed by atoms with E-state index in [1.807, 2.05) is 0 Å². The molecule has 0 aliphatic heterocycles. The van der Waals surface area contributed by atoms with Gasteiger partial charge in [-0.25, -0.2) is 8.42 Å². The van der Waals surface area contributed by atoms with Gasteiger partial charge in [-0.3, -0.25) is 9.48 Å². The smallest absolute Gasteiger partial charge is 0.325 e. The first-order valence-electron chi connectivity index (χ1n) is 10.5. The van der Waals surface area contributed by atoms with Crippen LogP contribution >= 0.6 is 11.6 Å². The molecule has 10 heteroatoms. The first-order valence-corrected chi connectivity index (χ1v) is 12.3. The van der Waals surface area contributed by atoms with Crippen LogP contribution in [-0.2, 0) is 27.8 Å². The van der Waals surface area contributed by atoms with E-state index in [0.29, 0.717) is 18.6 Å². The molecule has 0 amide bonds. The lowest BCUT2D eigenvalue weighted by Gasteiger charge is -2.31. The number of aromatic nitrogens is 2. The first kappa shape index (κ1) is 22.1. The summed E-state index contributed by atoms with van der Waals surface area (Å²) < 4.78 is 35.4. The van der Waals surface area contributed by atoms with Gasteiger partial charge in [0.15, 0.2) is 0 Å². The second-order valence-corrected chi connectivity index (χ2v) is 10.5. The van der Waals surface area contributed by atoms with Crippen molar-refractivity contribution in [3.05, 3.63) is 40.7 Å². The number of benzene rings is 1. The summed E-state index contributed by atoms with van der Waals surface area (Å²) in [6, 6.07) is 4.18. The molecule has 1 aromatic carbocycles. The number of hydrogen-bond acceptors (Lipinski definition) is 5. The van der Waals surface area contributed by atoms with Gasteiger partial charge in [0.1, 0.15) is 12.3 Å². The Morgan fingerprint density at radius 1 is 1.29 bits per heavy atom. The fourth-order valence-electron chi connectivity index (χ4n) is 4.49. The fourth-order valence-corrected chi connectivity index (χ4v) is 6.18. The number of carboxylic acid groups (broad SMARTS) is 1. The van der Waals surface area contributed by atoms with E-state index >= 15 is 0 Å². The Morgan fingerprint density at radius 2 is 2.03 bits per heavy atom. The van der Waals surface area contributed by atoms with E-state index in [4.69, 9.17) is 21.4 Å². The molecule has 1 unspecified atom stereocenters. The van der Waals surface area contributed by atoms with Crippen LogP contribution in [0.1, 0.15) is 55.8 Å². The number of hydrogen-bond donors (Lipinski definition) is 1. The van der Waals surface area contributed by atoms with Crippen molar-refractivity contribution in [1.29, 1.82) is 0 Å². The number of carbonyl (C=O) groups is 1. The van der Waals surface area contributed by atoms with Gasteiger partial charge in [-0.05, 0) is 63.1 Å². The van der Waals surface area contributed by atoms with Crippen LogP contribution in [0.4, 0.5) is 0 Å². The average Bonchev–Trinajstić information content (AvgIpc) is 3.38. The number of halogens is 1.